The maximum absolute atomic E-state index is 12.3. The van der Waals surface area contributed by atoms with Crippen LogP contribution >= 0.6 is 0 Å². The van der Waals surface area contributed by atoms with Crippen molar-refractivity contribution in [3.63, 3.8) is 0 Å². The minimum atomic E-state index is -0.121. The second-order valence-corrected chi connectivity index (χ2v) is 4.73. The zero-order chi connectivity index (χ0) is 15.6. The summed E-state index contributed by atoms with van der Waals surface area (Å²) in [5, 5.41) is 8.75. The predicted octanol–water partition coefficient (Wildman–Crippen LogP) is 3.04. The molecule has 0 saturated carbocycles. The van der Waals surface area contributed by atoms with Crippen molar-refractivity contribution in [1.82, 2.24) is 9.88 Å². The van der Waals surface area contributed by atoms with Crippen molar-refractivity contribution in [1.29, 1.82) is 5.26 Å². The molecule has 4 heteroatoms. The number of pyridine rings is 1. The predicted molar refractivity (Wildman–Crippen MR) is 85.4 cm³/mol. The van der Waals surface area contributed by atoms with Crippen molar-refractivity contribution in [2.45, 2.75) is 13.0 Å². The van der Waals surface area contributed by atoms with Crippen LogP contribution in [-0.4, -0.2) is 22.3 Å². The second-order valence-electron chi connectivity index (χ2n) is 4.73. The van der Waals surface area contributed by atoms with Gasteiger partial charge >= 0.3 is 0 Å². The summed E-state index contributed by atoms with van der Waals surface area (Å²) in [5.74, 6) is -0.121. The maximum Gasteiger partial charge on any atom is 0.246 e. The van der Waals surface area contributed by atoms with E-state index in [1.54, 1.807) is 17.2 Å². The van der Waals surface area contributed by atoms with E-state index in [4.69, 9.17) is 5.26 Å². The molecule has 0 fully saturated rings. The van der Waals surface area contributed by atoms with Crippen LogP contribution in [0.3, 0.4) is 0 Å². The summed E-state index contributed by atoms with van der Waals surface area (Å²) in [4.78, 5) is 18.2. The Morgan fingerprint density at radius 2 is 1.95 bits per heavy atom. The summed E-state index contributed by atoms with van der Waals surface area (Å²) < 4.78 is 0. The lowest BCUT2D eigenvalue weighted by Crippen LogP contribution is -2.30. The van der Waals surface area contributed by atoms with Crippen LogP contribution in [-0.2, 0) is 11.3 Å². The van der Waals surface area contributed by atoms with Crippen LogP contribution in [0.25, 0.3) is 6.08 Å². The lowest BCUT2D eigenvalue weighted by molar-refractivity contribution is -0.126. The van der Waals surface area contributed by atoms with Gasteiger partial charge in [-0.15, -0.1) is 0 Å². The second kappa shape index (κ2) is 8.38. The number of carbonyl (C=O) groups is 1. The molecule has 0 aliphatic rings. The Bertz CT molecular complexity index is 660. The van der Waals surface area contributed by atoms with Crippen LogP contribution in [0.1, 0.15) is 17.7 Å². The molecule has 0 radical (unpaired) electrons. The fourth-order valence-electron chi connectivity index (χ4n) is 1.98. The van der Waals surface area contributed by atoms with Gasteiger partial charge in [0.15, 0.2) is 0 Å². The third-order valence-corrected chi connectivity index (χ3v) is 3.10. The molecule has 0 saturated heterocycles. The number of hydrogen-bond donors (Lipinski definition) is 0. The molecule has 22 heavy (non-hydrogen) atoms. The number of rotatable bonds is 6. The van der Waals surface area contributed by atoms with Crippen LogP contribution < -0.4 is 0 Å². The largest absolute Gasteiger partial charge is 0.332 e. The number of nitriles is 1. The van der Waals surface area contributed by atoms with E-state index in [1.807, 2.05) is 48.5 Å². The molecule has 0 bridgehead atoms. The van der Waals surface area contributed by atoms with Gasteiger partial charge < -0.3 is 4.90 Å². The van der Waals surface area contributed by atoms with Crippen LogP contribution in [0.2, 0.25) is 0 Å². The van der Waals surface area contributed by atoms with Gasteiger partial charge in [0.25, 0.3) is 0 Å². The normalized spacial score (nSPS) is 10.3. The van der Waals surface area contributed by atoms with Crippen LogP contribution in [0.5, 0.6) is 0 Å². The van der Waals surface area contributed by atoms with Gasteiger partial charge in [-0.2, -0.15) is 5.26 Å². The molecule has 0 aliphatic carbocycles. The zero-order valence-corrected chi connectivity index (χ0v) is 12.2. The topological polar surface area (TPSA) is 57.0 Å². The van der Waals surface area contributed by atoms with Gasteiger partial charge in [-0.25, -0.2) is 0 Å². The molecule has 2 rings (SSSR count). The van der Waals surface area contributed by atoms with E-state index in [-0.39, 0.29) is 5.91 Å². The fraction of sp³-hybridized carbons (Fsp3) is 0.167. The number of nitrogens with zero attached hydrogens (tertiary/aromatic N) is 3. The number of amides is 1. The lowest BCUT2D eigenvalue weighted by Gasteiger charge is -2.19. The maximum atomic E-state index is 12.3. The SMILES string of the molecule is N#CCCN(Cc1ccccn1)C(=O)C=Cc1ccccc1. The average Bonchev–Trinajstić information content (AvgIpc) is 2.58. The summed E-state index contributed by atoms with van der Waals surface area (Å²) in [6.45, 7) is 0.797. The lowest BCUT2D eigenvalue weighted by atomic mass is 10.2. The summed E-state index contributed by atoms with van der Waals surface area (Å²) in [5.41, 5.74) is 1.77. The molecule has 110 valence electrons. The van der Waals surface area contributed by atoms with Gasteiger partial charge in [0, 0.05) is 18.8 Å². The van der Waals surface area contributed by atoms with E-state index >= 15 is 0 Å². The van der Waals surface area contributed by atoms with Gasteiger partial charge in [0.05, 0.1) is 24.7 Å². The summed E-state index contributed by atoms with van der Waals surface area (Å²) >= 11 is 0. The van der Waals surface area contributed by atoms with E-state index in [9.17, 15) is 4.79 Å². The zero-order valence-electron chi connectivity index (χ0n) is 12.2. The molecule has 0 spiro atoms. The first kappa shape index (κ1) is 15.5. The Morgan fingerprint density at radius 3 is 2.64 bits per heavy atom. The van der Waals surface area contributed by atoms with Gasteiger partial charge in [-0.1, -0.05) is 36.4 Å². The minimum absolute atomic E-state index is 0.121. The number of benzene rings is 1. The van der Waals surface area contributed by atoms with Crippen molar-refractivity contribution in [3.8, 4) is 6.07 Å². The van der Waals surface area contributed by atoms with Crippen molar-refractivity contribution < 1.29 is 4.79 Å². The van der Waals surface area contributed by atoms with E-state index < -0.39 is 0 Å². The molecular formula is C18H17N3O. The van der Waals surface area contributed by atoms with Crippen molar-refractivity contribution in [3.05, 3.63) is 72.1 Å². The minimum Gasteiger partial charge on any atom is -0.332 e. The molecule has 1 amide bonds. The van der Waals surface area contributed by atoms with E-state index in [0.717, 1.165) is 11.3 Å². The molecule has 0 unspecified atom stereocenters. The average molecular weight is 291 g/mol. The van der Waals surface area contributed by atoms with E-state index in [0.29, 0.717) is 19.5 Å². The van der Waals surface area contributed by atoms with Crippen molar-refractivity contribution in [2.24, 2.45) is 0 Å². The Morgan fingerprint density at radius 1 is 1.18 bits per heavy atom. The molecule has 4 nitrogen and oxygen atoms in total. The standard InChI is InChI=1S/C18H17N3O/c19-12-6-14-21(15-17-9-4-5-13-20-17)18(22)11-10-16-7-2-1-3-8-16/h1-5,7-11,13H,6,14-15H2. The number of hydrogen-bond acceptors (Lipinski definition) is 3. The quantitative estimate of drug-likeness (QED) is 0.769. The van der Waals surface area contributed by atoms with E-state index in [2.05, 4.69) is 11.1 Å². The van der Waals surface area contributed by atoms with E-state index in [1.165, 1.54) is 6.08 Å². The summed E-state index contributed by atoms with van der Waals surface area (Å²) in [6.07, 6.45) is 5.32. The molecule has 0 aliphatic heterocycles. The van der Waals surface area contributed by atoms with Gasteiger partial charge in [0.1, 0.15) is 0 Å². The van der Waals surface area contributed by atoms with Gasteiger partial charge in [-0.3, -0.25) is 9.78 Å². The van der Waals surface area contributed by atoms with Gasteiger partial charge in [-0.05, 0) is 23.8 Å². The smallest absolute Gasteiger partial charge is 0.246 e. The fourth-order valence-corrected chi connectivity index (χ4v) is 1.98. The van der Waals surface area contributed by atoms with Crippen LogP contribution in [0, 0.1) is 11.3 Å². The number of carbonyl (C=O) groups excluding carboxylic acids is 1. The first-order chi connectivity index (χ1) is 10.8. The first-order valence-corrected chi connectivity index (χ1v) is 7.08. The third-order valence-electron chi connectivity index (χ3n) is 3.10. The van der Waals surface area contributed by atoms with Crippen LogP contribution in [0.4, 0.5) is 0 Å². The highest BCUT2D eigenvalue weighted by Gasteiger charge is 2.11. The molecule has 0 atom stereocenters. The highest BCUT2D eigenvalue weighted by molar-refractivity contribution is 5.91. The Kier molecular flexibility index (Phi) is 5.89. The Balaban J connectivity index is 2.06. The monoisotopic (exact) mass is 291 g/mol. The first-order valence-electron chi connectivity index (χ1n) is 7.08. The molecule has 2 aromatic rings. The molecule has 1 heterocycles. The Hall–Kier alpha value is -2.93. The third kappa shape index (κ3) is 4.88. The van der Waals surface area contributed by atoms with Crippen molar-refractivity contribution in [2.75, 3.05) is 6.54 Å². The van der Waals surface area contributed by atoms with Crippen molar-refractivity contribution >= 4 is 12.0 Å². The Labute approximate surface area is 130 Å². The highest BCUT2D eigenvalue weighted by atomic mass is 16.2. The summed E-state index contributed by atoms with van der Waals surface area (Å²) in [7, 11) is 0. The molecule has 0 N–H and O–H groups in total. The van der Waals surface area contributed by atoms with Gasteiger partial charge in [0.2, 0.25) is 5.91 Å². The molecular weight excluding hydrogens is 274 g/mol. The summed E-state index contributed by atoms with van der Waals surface area (Å²) in [6, 6.07) is 17.3. The molecule has 1 aromatic carbocycles. The molecule has 1 aromatic heterocycles. The highest BCUT2D eigenvalue weighted by Crippen LogP contribution is 2.06. The van der Waals surface area contributed by atoms with Crippen LogP contribution in [0.15, 0.2) is 60.8 Å². The number of aromatic nitrogens is 1.